The van der Waals surface area contributed by atoms with Crippen LogP contribution in [0, 0.1) is 6.92 Å². The highest BCUT2D eigenvalue weighted by atomic mass is 35.5. The largest absolute Gasteiger partial charge is 0.456 e. The number of ether oxygens (including phenoxy) is 2. The second-order valence-electron chi connectivity index (χ2n) is 11.4. The Bertz CT molecular complexity index is 2170. The van der Waals surface area contributed by atoms with Crippen LogP contribution in [-0.2, 0) is 10.3 Å². The number of anilines is 5. The number of rotatable bonds is 5. The average molecular weight is 676 g/mol. The lowest BCUT2D eigenvalue weighted by molar-refractivity contribution is 0.0224. The Morgan fingerprint density at radius 3 is 2.00 bits per heavy atom. The Morgan fingerprint density at radius 1 is 0.660 bits per heavy atom. The minimum absolute atomic E-state index is 0.398. The van der Waals surface area contributed by atoms with Gasteiger partial charge in [-0.3, -0.25) is 0 Å². The topological polar surface area (TPSA) is 50.8 Å². The molecule has 1 spiro atoms. The van der Waals surface area contributed by atoms with E-state index in [1.165, 1.54) is 0 Å². The molecule has 230 valence electrons. The van der Waals surface area contributed by atoms with Crippen LogP contribution in [0.1, 0.15) is 32.6 Å². The standard InChI is InChI=1S/C39H25Cl3N2O3/c1-23-20-36-30(22-33(23)43-25-16-14-24(40)15-17-25)39(28-9-3-2-8-27(28)38(45)47-39)29-19-18-26(21-37(29)46-36)44(34-12-6-4-10-31(34)41)35-13-7-5-11-32(35)42/h2-22,43H,1H3. The molecule has 8 rings (SSSR count). The third-order valence-corrected chi connectivity index (χ3v) is 9.50. The van der Waals surface area contributed by atoms with E-state index in [-0.39, 0.29) is 0 Å². The van der Waals surface area contributed by atoms with E-state index in [0.717, 1.165) is 39.6 Å². The lowest BCUT2D eigenvalue weighted by Gasteiger charge is -2.38. The van der Waals surface area contributed by atoms with Crippen LogP contribution in [-0.4, -0.2) is 5.97 Å². The van der Waals surface area contributed by atoms with E-state index >= 15 is 0 Å². The van der Waals surface area contributed by atoms with E-state index < -0.39 is 11.6 Å². The molecule has 0 amide bonds. The fourth-order valence-electron chi connectivity index (χ4n) is 6.44. The highest BCUT2D eigenvalue weighted by Crippen LogP contribution is 2.58. The molecule has 5 nitrogen and oxygen atoms in total. The van der Waals surface area contributed by atoms with E-state index in [2.05, 4.69) is 5.32 Å². The Hall–Kier alpha value is -4.94. The van der Waals surface area contributed by atoms with Crippen molar-refractivity contribution in [2.75, 3.05) is 10.2 Å². The van der Waals surface area contributed by atoms with E-state index in [4.69, 9.17) is 44.3 Å². The summed E-state index contributed by atoms with van der Waals surface area (Å²) < 4.78 is 13.2. The number of nitrogens with zero attached hydrogens (tertiary/aromatic N) is 1. The van der Waals surface area contributed by atoms with Gasteiger partial charge in [-0.05, 0) is 91.3 Å². The number of carbonyl (C=O) groups excluding carboxylic acids is 1. The Balaban J connectivity index is 1.33. The van der Waals surface area contributed by atoms with Crippen molar-refractivity contribution in [2.45, 2.75) is 12.5 Å². The van der Waals surface area contributed by atoms with Crippen molar-refractivity contribution in [1.82, 2.24) is 0 Å². The van der Waals surface area contributed by atoms with Gasteiger partial charge in [0.2, 0.25) is 0 Å². The first-order valence-corrected chi connectivity index (χ1v) is 16.1. The summed E-state index contributed by atoms with van der Waals surface area (Å²) in [5, 5.41) is 5.27. The van der Waals surface area contributed by atoms with Gasteiger partial charge in [-0.1, -0.05) is 77.3 Å². The summed E-state index contributed by atoms with van der Waals surface area (Å²) in [6, 6.07) is 40.0. The zero-order valence-corrected chi connectivity index (χ0v) is 27.2. The van der Waals surface area contributed by atoms with Crippen molar-refractivity contribution in [3.05, 3.63) is 170 Å². The van der Waals surface area contributed by atoms with E-state index in [1.54, 1.807) is 6.07 Å². The van der Waals surface area contributed by atoms with Crippen LogP contribution in [0.4, 0.5) is 28.4 Å². The fourth-order valence-corrected chi connectivity index (χ4v) is 7.01. The molecule has 2 aliphatic heterocycles. The van der Waals surface area contributed by atoms with Crippen LogP contribution in [0.25, 0.3) is 0 Å². The highest BCUT2D eigenvalue weighted by molar-refractivity contribution is 6.35. The predicted molar refractivity (Wildman–Crippen MR) is 189 cm³/mol. The molecule has 6 aromatic carbocycles. The molecule has 0 radical (unpaired) electrons. The summed E-state index contributed by atoms with van der Waals surface area (Å²) >= 11 is 19.7. The molecule has 0 saturated carbocycles. The van der Waals surface area contributed by atoms with Gasteiger partial charge in [0.1, 0.15) is 11.5 Å². The van der Waals surface area contributed by atoms with Crippen molar-refractivity contribution >= 4 is 69.2 Å². The van der Waals surface area contributed by atoms with Crippen molar-refractivity contribution < 1.29 is 14.3 Å². The van der Waals surface area contributed by atoms with E-state index in [9.17, 15) is 4.79 Å². The minimum atomic E-state index is -1.25. The SMILES string of the molecule is Cc1cc2c(cc1Nc1ccc(Cl)cc1)C1(OC(=O)c3ccccc31)c1ccc(N(c3ccccc3Cl)c3ccccc3Cl)cc1O2. The highest BCUT2D eigenvalue weighted by Gasteiger charge is 2.53. The summed E-state index contributed by atoms with van der Waals surface area (Å²) in [7, 11) is 0. The quantitative estimate of drug-likeness (QED) is 0.184. The second kappa shape index (κ2) is 11.4. The lowest BCUT2D eigenvalue weighted by atomic mass is 9.77. The maximum Gasteiger partial charge on any atom is 0.340 e. The number of aryl methyl sites for hydroxylation is 1. The van der Waals surface area contributed by atoms with Crippen LogP contribution < -0.4 is 15.0 Å². The summed E-state index contributed by atoms with van der Waals surface area (Å²) in [6.45, 7) is 2.01. The molecular formula is C39H25Cl3N2O3. The van der Waals surface area contributed by atoms with E-state index in [1.807, 2.05) is 133 Å². The average Bonchev–Trinajstić information content (AvgIpc) is 3.37. The molecule has 0 aliphatic carbocycles. The molecule has 47 heavy (non-hydrogen) atoms. The predicted octanol–water partition coefficient (Wildman–Crippen LogP) is 11.7. The van der Waals surface area contributed by atoms with Gasteiger partial charge < -0.3 is 19.7 Å². The molecule has 0 saturated heterocycles. The molecule has 2 aliphatic rings. The first-order valence-electron chi connectivity index (χ1n) is 15.0. The van der Waals surface area contributed by atoms with Crippen LogP contribution in [0.15, 0.2) is 127 Å². The molecule has 1 unspecified atom stereocenters. The number of halogens is 3. The van der Waals surface area contributed by atoms with Gasteiger partial charge in [-0.15, -0.1) is 0 Å². The molecule has 8 heteroatoms. The third-order valence-electron chi connectivity index (χ3n) is 8.61. The van der Waals surface area contributed by atoms with Crippen LogP contribution >= 0.6 is 34.8 Å². The molecular weight excluding hydrogens is 651 g/mol. The normalized spacial score (nSPS) is 15.7. The second-order valence-corrected chi connectivity index (χ2v) is 12.7. The van der Waals surface area contributed by atoms with Gasteiger partial charge in [0, 0.05) is 44.8 Å². The molecule has 1 N–H and O–H groups in total. The van der Waals surface area contributed by atoms with Gasteiger partial charge in [-0.2, -0.15) is 0 Å². The molecule has 6 aromatic rings. The number of esters is 1. The molecule has 2 heterocycles. The zero-order valence-electron chi connectivity index (χ0n) is 24.9. The molecule has 0 fully saturated rings. The minimum Gasteiger partial charge on any atom is -0.456 e. The van der Waals surface area contributed by atoms with Gasteiger partial charge >= 0.3 is 5.97 Å². The number of fused-ring (bicyclic) bond motifs is 6. The summed E-state index contributed by atoms with van der Waals surface area (Å²) in [6.07, 6.45) is 0. The van der Waals surface area contributed by atoms with Crippen molar-refractivity contribution in [1.29, 1.82) is 0 Å². The number of para-hydroxylation sites is 2. The maximum absolute atomic E-state index is 13.5. The van der Waals surface area contributed by atoms with Crippen molar-refractivity contribution in [3.8, 4) is 11.5 Å². The third kappa shape index (κ3) is 4.82. The van der Waals surface area contributed by atoms with Crippen LogP contribution in [0.5, 0.6) is 11.5 Å². The summed E-state index contributed by atoms with van der Waals surface area (Å²) in [5.74, 6) is 0.729. The summed E-state index contributed by atoms with van der Waals surface area (Å²) in [5.41, 5.74) is 6.35. The van der Waals surface area contributed by atoms with Gasteiger partial charge in [0.05, 0.1) is 27.0 Å². The number of hydrogen-bond donors (Lipinski definition) is 1. The van der Waals surface area contributed by atoms with Gasteiger partial charge in [-0.25, -0.2) is 4.79 Å². The number of nitrogens with one attached hydrogen (secondary N) is 1. The fraction of sp³-hybridized carbons (Fsp3) is 0.0513. The van der Waals surface area contributed by atoms with Crippen LogP contribution in [0.3, 0.4) is 0 Å². The van der Waals surface area contributed by atoms with E-state index in [0.29, 0.717) is 43.3 Å². The van der Waals surface area contributed by atoms with Gasteiger partial charge in [0.15, 0.2) is 5.60 Å². The van der Waals surface area contributed by atoms with Crippen LogP contribution in [0.2, 0.25) is 15.1 Å². The summed E-state index contributed by atoms with van der Waals surface area (Å²) in [4.78, 5) is 15.5. The first kappa shape index (κ1) is 29.5. The first-order chi connectivity index (χ1) is 22.8. The lowest BCUT2D eigenvalue weighted by Crippen LogP contribution is -2.33. The smallest absolute Gasteiger partial charge is 0.340 e. The molecule has 0 aromatic heterocycles. The maximum atomic E-state index is 13.5. The Labute approximate surface area is 286 Å². The number of benzene rings is 6. The van der Waals surface area contributed by atoms with Crippen molar-refractivity contribution in [2.24, 2.45) is 0 Å². The Kier molecular flexibility index (Phi) is 7.14. The molecule has 1 atom stereocenters. The number of hydrogen-bond acceptors (Lipinski definition) is 5. The monoisotopic (exact) mass is 674 g/mol. The Morgan fingerprint density at radius 2 is 1.30 bits per heavy atom. The zero-order chi connectivity index (χ0) is 32.3. The number of carbonyl (C=O) groups is 1. The molecule has 0 bridgehead atoms. The van der Waals surface area contributed by atoms with Crippen molar-refractivity contribution in [3.63, 3.8) is 0 Å². The van der Waals surface area contributed by atoms with Gasteiger partial charge in [0.25, 0.3) is 0 Å².